The summed E-state index contributed by atoms with van der Waals surface area (Å²) < 4.78 is 0. The van der Waals surface area contributed by atoms with E-state index in [1.165, 1.54) is 24.5 Å². The van der Waals surface area contributed by atoms with Crippen LogP contribution >= 0.6 is 11.3 Å². The first-order valence-corrected chi connectivity index (χ1v) is 7.43. The summed E-state index contributed by atoms with van der Waals surface area (Å²) in [4.78, 5) is 7.07. The molecule has 0 radical (unpaired) electrons. The van der Waals surface area contributed by atoms with Crippen molar-refractivity contribution in [1.82, 2.24) is 10.3 Å². The van der Waals surface area contributed by atoms with E-state index in [0.29, 0.717) is 12.0 Å². The van der Waals surface area contributed by atoms with Gasteiger partial charge in [0.15, 0.2) is 5.13 Å². The summed E-state index contributed by atoms with van der Waals surface area (Å²) in [5.74, 6) is 0.681. The maximum atomic E-state index is 4.62. The van der Waals surface area contributed by atoms with E-state index in [-0.39, 0.29) is 0 Å². The third-order valence-electron chi connectivity index (χ3n) is 3.07. The molecule has 1 unspecified atom stereocenters. The molecule has 1 saturated heterocycles. The lowest BCUT2D eigenvalue weighted by molar-refractivity contribution is 0.540. The van der Waals surface area contributed by atoms with Gasteiger partial charge in [0.25, 0.3) is 0 Å². The van der Waals surface area contributed by atoms with Crippen molar-refractivity contribution in [2.45, 2.75) is 39.7 Å². The van der Waals surface area contributed by atoms with E-state index in [9.17, 15) is 0 Å². The van der Waals surface area contributed by atoms with E-state index in [0.717, 1.165) is 18.8 Å². The van der Waals surface area contributed by atoms with Crippen molar-refractivity contribution in [2.24, 2.45) is 5.92 Å². The Hall–Kier alpha value is -0.610. The lowest BCUT2D eigenvalue weighted by Gasteiger charge is -2.27. The van der Waals surface area contributed by atoms with Crippen LogP contribution in [0.15, 0.2) is 5.38 Å². The van der Waals surface area contributed by atoms with Crippen molar-refractivity contribution in [3.05, 3.63) is 11.1 Å². The monoisotopic (exact) mass is 253 g/mol. The number of hydrogen-bond donors (Lipinski definition) is 1. The van der Waals surface area contributed by atoms with Crippen LogP contribution in [-0.2, 0) is 0 Å². The molecule has 1 N–H and O–H groups in total. The van der Waals surface area contributed by atoms with Gasteiger partial charge in [0.2, 0.25) is 0 Å². The Bertz CT molecular complexity index is 342. The number of hydrogen-bond acceptors (Lipinski definition) is 4. The van der Waals surface area contributed by atoms with Gasteiger partial charge in [-0.25, -0.2) is 4.98 Å². The summed E-state index contributed by atoms with van der Waals surface area (Å²) in [6.45, 7) is 10.00. The van der Waals surface area contributed by atoms with Gasteiger partial charge in [0.05, 0.1) is 5.69 Å². The Morgan fingerprint density at radius 1 is 1.59 bits per heavy atom. The normalized spacial score (nSPS) is 20.1. The molecule has 96 valence electrons. The Morgan fingerprint density at radius 3 is 2.94 bits per heavy atom. The highest BCUT2D eigenvalue weighted by atomic mass is 32.1. The fourth-order valence-electron chi connectivity index (χ4n) is 2.34. The molecule has 3 nitrogen and oxygen atoms in total. The summed E-state index contributed by atoms with van der Waals surface area (Å²) in [6, 6.07) is 0.651. The molecule has 4 heteroatoms. The molecule has 1 aliphatic rings. The second kappa shape index (κ2) is 5.83. The van der Waals surface area contributed by atoms with E-state index in [2.05, 4.69) is 41.4 Å². The summed E-state index contributed by atoms with van der Waals surface area (Å²) in [5.41, 5.74) is 1.14. The highest BCUT2D eigenvalue weighted by molar-refractivity contribution is 7.13. The molecular weight excluding hydrogens is 230 g/mol. The van der Waals surface area contributed by atoms with Gasteiger partial charge in [-0.1, -0.05) is 13.8 Å². The lowest BCUT2D eigenvalue weighted by Crippen LogP contribution is -2.39. The van der Waals surface area contributed by atoms with Gasteiger partial charge in [-0.15, -0.1) is 11.3 Å². The molecule has 0 amide bonds. The van der Waals surface area contributed by atoms with Gasteiger partial charge in [0, 0.05) is 24.5 Å². The van der Waals surface area contributed by atoms with Crippen LogP contribution in [0.25, 0.3) is 0 Å². The molecule has 2 heterocycles. The molecule has 0 aromatic carbocycles. The summed E-state index contributed by atoms with van der Waals surface area (Å²) in [6.07, 6.45) is 2.62. The molecule has 1 aliphatic heterocycles. The quantitative estimate of drug-likeness (QED) is 0.874. The number of nitrogens with one attached hydrogen (secondary N) is 1. The first-order valence-electron chi connectivity index (χ1n) is 6.55. The number of thiazole rings is 1. The van der Waals surface area contributed by atoms with E-state index in [1.54, 1.807) is 11.3 Å². The van der Waals surface area contributed by atoms with Gasteiger partial charge in [-0.3, -0.25) is 0 Å². The predicted octanol–water partition coefficient (Wildman–Crippen LogP) is 2.67. The molecule has 0 aliphatic carbocycles. The fraction of sp³-hybridized carbons (Fsp3) is 0.769. The summed E-state index contributed by atoms with van der Waals surface area (Å²) in [7, 11) is 0. The fourth-order valence-corrected chi connectivity index (χ4v) is 3.16. The van der Waals surface area contributed by atoms with Crippen molar-refractivity contribution in [3.8, 4) is 0 Å². The minimum absolute atomic E-state index is 0.651. The van der Waals surface area contributed by atoms with Crippen molar-refractivity contribution in [3.63, 3.8) is 0 Å². The summed E-state index contributed by atoms with van der Waals surface area (Å²) in [5, 5.41) is 6.90. The minimum Gasteiger partial charge on any atom is -0.346 e. The lowest BCUT2D eigenvalue weighted by atomic mass is 10.2. The van der Waals surface area contributed by atoms with Crippen LogP contribution in [0.4, 0.5) is 5.13 Å². The third kappa shape index (κ3) is 3.68. The highest BCUT2D eigenvalue weighted by Gasteiger charge is 2.20. The van der Waals surface area contributed by atoms with Crippen LogP contribution in [0.1, 0.15) is 32.4 Å². The van der Waals surface area contributed by atoms with Crippen LogP contribution in [0, 0.1) is 12.8 Å². The first kappa shape index (κ1) is 12.8. The smallest absolute Gasteiger partial charge is 0.185 e. The molecule has 0 bridgehead atoms. The van der Waals surface area contributed by atoms with Gasteiger partial charge in [-0.05, 0) is 32.2 Å². The maximum absolute atomic E-state index is 4.62. The van der Waals surface area contributed by atoms with Gasteiger partial charge in [-0.2, -0.15) is 0 Å². The van der Waals surface area contributed by atoms with E-state index >= 15 is 0 Å². The molecule has 2 rings (SSSR count). The molecule has 17 heavy (non-hydrogen) atoms. The first-order chi connectivity index (χ1) is 8.15. The maximum Gasteiger partial charge on any atom is 0.185 e. The minimum atomic E-state index is 0.651. The van der Waals surface area contributed by atoms with E-state index in [4.69, 9.17) is 0 Å². The molecule has 0 spiro atoms. The van der Waals surface area contributed by atoms with Gasteiger partial charge < -0.3 is 10.2 Å². The topological polar surface area (TPSA) is 28.2 Å². The predicted molar refractivity (Wildman–Crippen MR) is 74.9 cm³/mol. The Kier molecular flexibility index (Phi) is 4.40. The molecular formula is C13H23N3S. The van der Waals surface area contributed by atoms with Crippen molar-refractivity contribution in [2.75, 3.05) is 24.5 Å². The van der Waals surface area contributed by atoms with Crippen LogP contribution < -0.4 is 10.2 Å². The largest absolute Gasteiger partial charge is 0.346 e. The van der Waals surface area contributed by atoms with Crippen LogP contribution in [0.2, 0.25) is 0 Å². The van der Waals surface area contributed by atoms with E-state index < -0.39 is 0 Å². The molecule has 0 saturated carbocycles. The average Bonchev–Trinajstić information content (AvgIpc) is 2.87. The number of anilines is 1. The van der Waals surface area contributed by atoms with Crippen molar-refractivity contribution in [1.29, 1.82) is 0 Å². The zero-order valence-electron chi connectivity index (χ0n) is 11.1. The standard InChI is InChI=1S/C13H23N3S/c1-10(2)7-16(8-12-5-4-6-14-12)13-15-11(3)9-17-13/h9-10,12,14H,4-8H2,1-3H3. The summed E-state index contributed by atoms with van der Waals surface area (Å²) >= 11 is 1.77. The van der Waals surface area contributed by atoms with Crippen LogP contribution in [-0.4, -0.2) is 30.7 Å². The number of nitrogens with zero attached hydrogens (tertiary/aromatic N) is 2. The number of aromatic nitrogens is 1. The molecule has 1 aromatic heterocycles. The zero-order valence-corrected chi connectivity index (χ0v) is 11.9. The van der Waals surface area contributed by atoms with Crippen molar-refractivity contribution >= 4 is 16.5 Å². The third-order valence-corrected chi connectivity index (χ3v) is 4.09. The number of aryl methyl sites for hydroxylation is 1. The van der Waals surface area contributed by atoms with E-state index in [1.807, 2.05) is 0 Å². The second-order valence-corrected chi connectivity index (χ2v) is 6.20. The average molecular weight is 253 g/mol. The molecule has 1 atom stereocenters. The van der Waals surface area contributed by atoms with Crippen LogP contribution in [0.3, 0.4) is 0 Å². The molecule has 1 aromatic rings. The van der Waals surface area contributed by atoms with Gasteiger partial charge in [0.1, 0.15) is 0 Å². The Balaban J connectivity index is 2.01. The van der Waals surface area contributed by atoms with Gasteiger partial charge >= 0.3 is 0 Å². The second-order valence-electron chi connectivity index (χ2n) is 5.36. The van der Waals surface area contributed by atoms with Crippen molar-refractivity contribution < 1.29 is 0 Å². The zero-order chi connectivity index (χ0) is 12.3. The highest BCUT2D eigenvalue weighted by Crippen LogP contribution is 2.22. The Labute approximate surface area is 108 Å². The number of rotatable bonds is 5. The molecule has 1 fully saturated rings. The SMILES string of the molecule is Cc1csc(N(CC(C)C)CC2CCCN2)n1. The Morgan fingerprint density at radius 2 is 2.41 bits per heavy atom. The van der Waals surface area contributed by atoms with Crippen LogP contribution in [0.5, 0.6) is 0 Å².